The van der Waals surface area contributed by atoms with Crippen molar-refractivity contribution in [3.63, 3.8) is 0 Å². The molecule has 136 valence electrons. The first kappa shape index (κ1) is 22.8. The topological polar surface area (TPSA) is 63.2 Å². The van der Waals surface area contributed by atoms with E-state index in [0.29, 0.717) is 24.7 Å². The number of rotatable bonds is 8. The number of nitrogens with zero attached hydrogens (tertiary/aromatic N) is 2. The zero-order chi connectivity index (χ0) is 17.1. The number of aliphatic imine (C=N–C) groups is 1. The molecule has 1 aromatic carbocycles. The zero-order valence-corrected chi connectivity index (χ0v) is 17.3. The van der Waals surface area contributed by atoms with Crippen LogP contribution in [0.25, 0.3) is 0 Å². The molecule has 0 unspecified atom stereocenters. The van der Waals surface area contributed by atoms with Crippen molar-refractivity contribution in [2.45, 2.75) is 13.3 Å². The predicted octanol–water partition coefficient (Wildman–Crippen LogP) is 2.80. The van der Waals surface area contributed by atoms with Gasteiger partial charge in [-0.1, -0.05) is 11.6 Å². The molecular weight excluding hydrogens is 445 g/mol. The van der Waals surface area contributed by atoms with Crippen molar-refractivity contribution in [2.75, 3.05) is 40.4 Å². The maximum Gasteiger partial charge on any atom is 0.307 e. The molecule has 1 aromatic rings. The fraction of sp³-hybridized carbons (Fsp3) is 0.500. The number of esters is 1. The standard InChI is InChI=1S/C16H24ClN3O3.HI/c1-4-18-16(19-10-9-15(21)22-3)20(2)11-12-23-14-7-5-13(17)6-8-14;/h5-8H,4,9-12H2,1-3H3,(H,18,19);1H. The first-order valence-corrected chi connectivity index (χ1v) is 7.89. The third kappa shape index (κ3) is 9.17. The number of methoxy groups -OCH3 is 1. The molecule has 1 N–H and O–H groups in total. The maximum absolute atomic E-state index is 11.1. The number of guanidine groups is 1. The lowest BCUT2D eigenvalue weighted by atomic mass is 10.3. The van der Waals surface area contributed by atoms with E-state index in [9.17, 15) is 4.79 Å². The molecule has 0 saturated carbocycles. The van der Waals surface area contributed by atoms with Gasteiger partial charge in [-0.05, 0) is 31.2 Å². The first-order valence-electron chi connectivity index (χ1n) is 7.51. The molecule has 0 amide bonds. The number of ether oxygens (including phenoxy) is 2. The van der Waals surface area contributed by atoms with Gasteiger partial charge in [0.25, 0.3) is 0 Å². The molecule has 8 heteroatoms. The first-order chi connectivity index (χ1) is 11.1. The van der Waals surface area contributed by atoms with Crippen LogP contribution in [-0.4, -0.2) is 57.2 Å². The van der Waals surface area contributed by atoms with Crippen molar-refractivity contribution >= 4 is 47.5 Å². The highest BCUT2D eigenvalue weighted by molar-refractivity contribution is 14.0. The quantitative estimate of drug-likeness (QED) is 0.275. The van der Waals surface area contributed by atoms with E-state index in [4.69, 9.17) is 16.3 Å². The monoisotopic (exact) mass is 469 g/mol. The highest BCUT2D eigenvalue weighted by Crippen LogP contribution is 2.15. The largest absolute Gasteiger partial charge is 0.492 e. The van der Waals surface area contributed by atoms with Crippen LogP contribution in [-0.2, 0) is 9.53 Å². The minimum Gasteiger partial charge on any atom is -0.492 e. The summed E-state index contributed by atoms with van der Waals surface area (Å²) in [6.45, 7) is 4.30. The van der Waals surface area contributed by atoms with E-state index in [1.54, 1.807) is 12.1 Å². The molecule has 0 bridgehead atoms. The van der Waals surface area contributed by atoms with Crippen LogP contribution in [0.3, 0.4) is 0 Å². The summed E-state index contributed by atoms with van der Waals surface area (Å²) in [5.74, 6) is 1.24. The van der Waals surface area contributed by atoms with Gasteiger partial charge in [-0.25, -0.2) is 0 Å². The fourth-order valence-electron chi connectivity index (χ4n) is 1.76. The van der Waals surface area contributed by atoms with Crippen molar-refractivity contribution in [1.29, 1.82) is 0 Å². The number of halogens is 2. The minimum atomic E-state index is -0.265. The zero-order valence-electron chi connectivity index (χ0n) is 14.3. The fourth-order valence-corrected chi connectivity index (χ4v) is 1.89. The molecule has 6 nitrogen and oxygen atoms in total. The molecule has 0 saturated heterocycles. The number of hydrogen-bond donors (Lipinski definition) is 1. The van der Waals surface area contributed by atoms with Gasteiger partial charge < -0.3 is 19.7 Å². The van der Waals surface area contributed by atoms with E-state index in [0.717, 1.165) is 18.3 Å². The van der Waals surface area contributed by atoms with E-state index < -0.39 is 0 Å². The number of carbonyl (C=O) groups is 1. The summed E-state index contributed by atoms with van der Waals surface area (Å²) in [7, 11) is 3.29. The van der Waals surface area contributed by atoms with E-state index in [2.05, 4.69) is 15.0 Å². The van der Waals surface area contributed by atoms with E-state index in [1.165, 1.54) is 7.11 Å². The summed E-state index contributed by atoms with van der Waals surface area (Å²) in [6.07, 6.45) is 0.264. The van der Waals surface area contributed by atoms with E-state index in [1.807, 2.05) is 31.0 Å². The van der Waals surface area contributed by atoms with Crippen LogP contribution in [0.4, 0.5) is 0 Å². The Morgan fingerprint density at radius 1 is 1.33 bits per heavy atom. The summed E-state index contributed by atoms with van der Waals surface area (Å²) in [6, 6.07) is 7.24. The van der Waals surface area contributed by atoms with Gasteiger partial charge >= 0.3 is 5.97 Å². The molecule has 0 aromatic heterocycles. The Bertz CT molecular complexity index is 512. The Hall–Kier alpha value is -1.22. The van der Waals surface area contributed by atoms with Gasteiger partial charge in [-0.2, -0.15) is 0 Å². The van der Waals surface area contributed by atoms with Crippen LogP contribution in [0.5, 0.6) is 5.75 Å². The molecule has 0 atom stereocenters. The number of carbonyl (C=O) groups excluding carboxylic acids is 1. The highest BCUT2D eigenvalue weighted by atomic mass is 127. The van der Waals surface area contributed by atoms with Crippen molar-refractivity contribution < 1.29 is 14.3 Å². The molecule has 0 aliphatic carbocycles. The van der Waals surface area contributed by atoms with Crippen molar-refractivity contribution in [3.05, 3.63) is 29.3 Å². The molecule has 24 heavy (non-hydrogen) atoms. The average molecular weight is 470 g/mol. The normalized spacial score (nSPS) is 10.6. The van der Waals surface area contributed by atoms with Crippen LogP contribution in [0, 0.1) is 0 Å². The summed E-state index contributed by atoms with van der Waals surface area (Å²) < 4.78 is 10.3. The third-order valence-electron chi connectivity index (χ3n) is 3.01. The third-order valence-corrected chi connectivity index (χ3v) is 3.26. The maximum atomic E-state index is 11.1. The van der Waals surface area contributed by atoms with Crippen LogP contribution in [0.1, 0.15) is 13.3 Å². The average Bonchev–Trinajstić information content (AvgIpc) is 2.55. The molecule has 1 rings (SSSR count). The lowest BCUT2D eigenvalue weighted by Gasteiger charge is -2.22. The smallest absolute Gasteiger partial charge is 0.307 e. The van der Waals surface area contributed by atoms with Crippen molar-refractivity contribution in [3.8, 4) is 5.75 Å². The lowest BCUT2D eigenvalue weighted by molar-refractivity contribution is -0.140. The van der Waals surface area contributed by atoms with Gasteiger partial charge in [0.15, 0.2) is 5.96 Å². The molecule has 0 aliphatic rings. The van der Waals surface area contributed by atoms with Gasteiger partial charge in [0.1, 0.15) is 12.4 Å². The van der Waals surface area contributed by atoms with Gasteiger partial charge in [0.2, 0.25) is 0 Å². The summed E-state index contributed by atoms with van der Waals surface area (Å²) in [5, 5.41) is 3.86. The predicted molar refractivity (Wildman–Crippen MR) is 108 cm³/mol. The van der Waals surface area contributed by atoms with Crippen molar-refractivity contribution in [1.82, 2.24) is 10.2 Å². The Labute approximate surface area is 165 Å². The SMILES string of the molecule is CCNC(=NCCC(=O)OC)N(C)CCOc1ccc(Cl)cc1.I. The number of benzene rings is 1. The molecular formula is C16H25ClIN3O3. The van der Waals surface area contributed by atoms with Gasteiger partial charge in [-0.15, -0.1) is 24.0 Å². The van der Waals surface area contributed by atoms with Gasteiger partial charge in [0.05, 0.1) is 26.6 Å². The summed E-state index contributed by atoms with van der Waals surface area (Å²) in [4.78, 5) is 17.5. The number of nitrogens with one attached hydrogen (secondary N) is 1. The van der Waals surface area contributed by atoms with Crippen molar-refractivity contribution in [2.24, 2.45) is 4.99 Å². The molecule has 0 heterocycles. The number of hydrogen-bond acceptors (Lipinski definition) is 4. The summed E-state index contributed by atoms with van der Waals surface area (Å²) >= 11 is 5.83. The number of likely N-dealkylation sites (N-methyl/N-ethyl adjacent to an activating group) is 1. The van der Waals surface area contributed by atoms with E-state index in [-0.39, 0.29) is 36.4 Å². The Morgan fingerprint density at radius 3 is 2.58 bits per heavy atom. The molecule has 0 spiro atoms. The van der Waals surface area contributed by atoms with Crippen LogP contribution in [0.15, 0.2) is 29.3 Å². The molecule has 0 radical (unpaired) electrons. The summed E-state index contributed by atoms with van der Waals surface area (Å²) in [5.41, 5.74) is 0. The van der Waals surface area contributed by atoms with Crippen LogP contribution in [0.2, 0.25) is 5.02 Å². The molecule has 0 aliphatic heterocycles. The van der Waals surface area contributed by atoms with Crippen LogP contribution < -0.4 is 10.1 Å². The second-order valence-electron chi connectivity index (χ2n) is 4.79. The lowest BCUT2D eigenvalue weighted by Crippen LogP contribution is -2.41. The van der Waals surface area contributed by atoms with E-state index >= 15 is 0 Å². The molecule has 0 fully saturated rings. The Morgan fingerprint density at radius 2 is 2.00 bits per heavy atom. The second kappa shape index (κ2) is 13.1. The second-order valence-corrected chi connectivity index (χ2v) is 5.22. The highest BCUT2D eigenvalue weighted by Gasteiger charge is 2.06. The van der Waals surface area contributed by atoms with Gasteiger partial charge in [0, 0.05) is 18.6 Å². The van der Waals surface area contributed by atoms with Crippen LogP contribution >= 0.6 is 35.6 Å². The van der Waals surface area contributed by atoms with Gasteiger partial charge in [-0.3, -0.25) is 9.79 Å². The Kier molecular flexibility index (Phi) is 12.4. The Balaban J connectivity index is 0.00000529. The minimum absolute atomic E-state index is 0.